The average molecular weight is 509 g/mol. The molecular weight excluding hydrogens is 488 g/mol. The molecule has 0 atom stereocenters. The van der Waals surface area contributed by atoms with E-state index in [1.165, 1.54) is 17.0 Å². The first kappa shape index (κ1) is 24.6. The normalized spacial score (nSPS) is 10.7. The molecule has 4 rings (SSSR count). The summed E-state index contributed by atoms with van der Waals surface area (Å²) >= 11 is 5.96. The van der Waals surface area contributed by atoms with Crippen LogP contribution in [0.1, 0.15) is 17.5 Å². The average Bonchev–Trinajstić information content (AvgIpc) is 2.87. The molecule has 2 heterocycles. The molecule has 0 unspecified atom stereocenters. The van der Waals surface area contributed by atoms with E-state index < -0.39 is 17.3 Å². The molecule has 11 nitrogen and oxygen atoms in total. The number of carboxylic acids is 1. The van der Waals surface area contributed by atoms with Crippen molar-refractivity contribution in [2.24, 2.45) is 0 Å². The second-order valence-corrected chi connectivity index (χ2v) is 8.10. The van der Waals surface area contributed by atoms with Crippen molar-refractivity contribution in [1.82, 2.24) is 24.1 Å². The molecule has 2 aromatic heterocycles. The quantitative estimate of drug-likeness (QED) is 0.330. The highest BCUT2D eigenvalue weighted by Gasteiger charge is 2.15. The van der Waals surface area contributed by atoms with Gasteiger partial charge in [-0.15, -0.1) is 0 Å². The smallest absolute Gasteiger partial charge is 0.354 e. The van der Waals surface area contributed by atoms with Gasteiger partial charge in [-0.3, -0.25) is 14.3 Å². The van der Waals surface area contributed by atoms with Gasteiger partial charge < -0.3 is 15.2 Å². The number of ether oxygens (including phenoxy) is 1. The Labute approximate surface area is 209 Å². The van der Waals surface area contributed by atoms with E-state index >= 15 is 0 Å². The third-order valence-electron chi connectivity index (χ3n) is 5.09. The molecule has 12 heteroatoms. The van der Waals surface area contributed by atoms with Gasteiger partial charge in [0.15, 0.2) is 0 Å². The van der Waals surface area contributed by atoms with Crippen molar-refractivity contribution in [2.45, 2.75) is 26.1 Å². The second-order valence-electron chi connectivity index (χ2n) is 7.66. The minimum atomic E-state index is -1.13. The molecule has 0 fully saturated rings. The van der Waals surface area contributed by atoms with Gasteiger partial charge in [-0.25, -0.2) is 19.1 Å². The van der Waals surface area contributed by atoms with E-state index in [9.17, 15) is 14.4 Å². The lowest BCUT2D eigenvalue weighted by Crippen LogP contribution is -2.43. The molecule has 2 aromatic carbocycles. The highest BCUT2D eigenvalue weighted by molar-refractivity contribution is 6.30. The number of aliphatic carboxylic acids is 1. The first-order chi connectivity index (χ1) is 17.4. The Morgan fingerprint density at radius 1 is 1.00 bits per heavy atom. The van der Waals surface area contributed by atoms with Crippen molar-refractivity contribution in [3.8, 4) is 5.88 Å². The van der Waals surface area contributed by atoms with Crippen LogP contribution in [0.3, 0.4) is 0 Å². The zero-order valence-corrected chi connectivity index (χ0v) is 19.6. The van der Waals surface area contributed by atoms with Crippen molar-refractivity contribution in [3.05, 3.63) is 104 Å². The lowest BCUT2D eigenvalue weighted by Gasteiger charge is -2.16. The lowest BCUT2D eigenvalue weighted by atomic mass is 10.2. The van der Waals surface area contributed by atoms with Crippen LogP contribution < -0.4 is 21.4 Å². The summed E-state index contributed by atoms with van der Waals surface area (Å²) in [6, 6.07) is 14.0. The van der Waals surface area contributed by atoms with Gasteiger partial charge in [0, 0.05) is 29.6 Å². The van der Waals surface area contributed by atoms with Crippen LogP contribution in [0.15, 0.2) is 76.7 Å². The number of anilines is 2. The summed E-state index contributed by atoms with van der Waals surface area (Å²) < 4.78 is 7.66. The van der Waals surface area contributed by atoms with Gasteiger partial charge in [0.1, 0.15) is 6.61 Å². The number of hydrogen-bond donors (Lipinski definition) is 2. The largest absolute Gasteiger partial charge is 0.481 e. The number of carbonyl (C=O) groups is 1. The standard InChI is InChI=1S/C24H21ClN6O5/c25-18-5-1-16(2-6-18)14-31-22(29-23(34)30(24(31)35)12-9-21(32)33)28-19-7-3-17(4-8-19)15-36-20-13-26-10-11-27-20/h1-8,10-11,13H,9,12,14-15H2,(H,32,33)(H,28,29,34). The number of carboxylic acid groups (broad SMARTS) is 1. The van der Waals surface area contributed by atoms with Gasteiger partial charge >= 0.3 is 17.3 Å². The Morgan fingerprint density at radius 2 is 1.72 bits per heavy atom. The van der Waals surface area contributed by atoms with Gasteiger partial charge in [0.05, 0.1) is 19.2 Å². The maximum absolute atomic E-state index is 13.2. The minimum absolute atomic E-state index is 0.0232. The Bertz CT molecular complexity index is 1450. The number of hydrogen-bond acceptors (Lipinski definition) is 8. The van der Waals surface area contributed by atoms with Crippen molar-refractivity contribution in [1.29, 1.82) is 0 Å². The number of halogens is 1. The predicted molar refractivity (Wildman–Crippen MR) is 132 cm³/mol. The molecular formula is C24H21ClN6O5. The molecule has 4 aromatic rings. The SMILES string of the molecule is O=C(O)CCn1c(=O)nc(Nc2ccc(COc3cnccn3)cc2)n(Cc2ccc(Cl)cc2)c1=O. The predicted octanol–water partition coefficient (Wildman–Crippen LogP) is 2.69. The molecule has 0 aliphatic carbocycles. The first-order valence-corrected chi connectivity index (χ1v) is 11.2. The molecule has 0 saturated carbocycles. The maximum atomic E-state index is 13.2. The number of aromatic nitrogens is 5. The number of nitrogens with one attached hydrogen (secondary N) is 1. The van der Waals surface area contributed by atoms with Crippen LogP contribution in [0.4, 0.5) is 11.6 Å². The third-order valence-corrected chi connectivity index (χ3v) is 5.34. The van der Waals surface area contributed by atoms with E-state index in [0.29, 0.717) is 16.6 Å². The highest BCUT2D eigenvalue weighted by atomic mass is 35.5. The van der Waals surface area contributed by atoms with Gasteiger partial charge in [-0.05, 0) is 35.4 Å². The number of rotatable bonds is 10. The molecule has 0 radical (unpaired) electrons. The highest BCUT2D eigenvalue weighted by Crippen LogP contribution is 2.17. The van der Waals surface area contributed by atoms with Crippen molar-refractivity contribution >= 4 is 29.2 Å². The molecule has 0 saturated heterocycles. The van der Waals surface area contributed by atoms with Crippen molar-refractivity contribution < 1.29 is 14.6 Å². The molecule has 0 spiro atoms. The summed E-state index contributed by atoms with van der Waals surface area (Å²) in [6.45, 7) is 0.0717. The fourth-order valence-corrected chi connectivity index (χ4v) is 3.40. The summed E-state index contributed by atoms with van der Waals surface area (Å²) in [6.07, 6.45) is 4.22. The van der Waals surface area contributed by atoms with Crippen LogP contribution in [0, 0.1) is 0 Å². The summed E-state index contributed by atoms with van der Waals surface area (Å²) in [4.78, 5) is 48.7. The van der Waals surface area contributed by atoms with Crippen LogP contribution in [0.5, 0.6) is 5.88 Å². The molecule has 0 amide bonds. The molecule has 36 heavy (non-hydrogen) atoms. The first-order valence-electron chi connectivity index (χ1n) is 10.8. The van der Waals surface area contributed by atoms with Crippen LogP contribution in [-0.4, -0.2) is 35.2 Å². The van der Waals surface area contributed by atoms with Crippen molar-refractivity contribution in [2.75, 3.05) is 5.32 Å². The molecule has 184 valence electrons. The van der Waals surface area contributed by atoms with E-state index in [4.69, 9.17) is 21.4 Å². The van der Waals surface area contributed by atoms with Crippen LogP contribution in [0.25, 0.3) is 0 Å². The van der Waals surface area contributed by atoms with Crippen molar-refractivity contribution in [3.63, 3.8) is 0 Å². The summed E-state index contributed by atoms with van der Waals surface area (Å²) in [5, 5.41) is 12.5. The van der Waals surface area contributed by atoms with Crippen LogP contribution >= 0.6 is 11.6 Å². The fourth-order valence-electron chi connectivity index (χ4n) is 3.27. The van der Waals surface area contributed by atoms with Gasteiger partial charge in [-0.1, -0.05) is 35.9 Å². The Morgan fingerprint density at radius 3 is 2.39 bits per heavy atom. The molecule has 0 bridgehead atoms. The van der Waals surface area contributed by atoms with Gasteiger partial charge in [0.2, 0.25) is 11.8 Å². The maximum Gasteiger partial charge on any atom is 0.354 e. The molecule has 2 N–H and O–H groups in total. The Kier molecular flexibility index (Phi) is 7.71. The van der Waals surface area contributed by atoms with E-state index in [1.54, 1.807) is 42.6 Å². The molecule has 0 aliphatic heterocycles. The monoisotopic (exact) mass is 508 g/mol. The van der Waals surface area contributed by atoms with Gasteiger partial charge in [0.25, 0.3) is 0 Å². The Hall–Kier alpha value is -4.51. The third kappa shape index (κ3) is 6.33. The summed E-state index contributed by atoms with van der Waals surface area (Å²) in [7, 11) is 0. The van der Waals surface area contributed by atoms with E-state index in [2.05, 4.69) is 20.3 Å². The number of benzene rings is 2. The second kappa shape index (κ2) is 11.3. The van der Waals surface area contributed by atoms with E-state index in [-0.39, 0.29) is 32.1 Å². The molecule has 0 aliphatic rings. The van der Waals surface area contributed by atoms with E-state index in [1.807, 2.05) is 12.1 Å². The fraction of sp³-hybridized carbons (Fsp3) is 0.167. The summed E-state index contributed by atoms with van der Waals surface area (Å²) in [5.74, 6) is -0.704. The zero-order valence-electron chi connectivity index (χ0n) is 18.9. The summed E-state index contributed by atoms with van der Waals surface area (Å²) in [5.41, 5.74) is 0.665. The lowest BCUT2D eigenvalue weighted by molar-refractivity contribution is -0.137. The van der Waals surface area contributed by atoms with Gasteiger partial charge in [-0.2, -0.15) is 4.98 Å². The number of nitrogens with zero attached hydrogens (tertiary/aromatic N) is 5. The van der Waals surface area contributed by atoms with Crippen LogP contribution in [0.2, 0.25) is 5.02 Å². The topological polar surface area (TPSA) is 141 Å². The van der Waals surface area contributed by atoms with Crippen LogP contribution in [-0.2, 0) is 24.5 Å². The minimum Gasteiger partial charge on any atom is -0.481 e. The van der Waals surface area contributed by atoms with E-state index in [0.717, 1.165) is 15.7 Å². The Balaban J connectivity index is 1.59. The zero-order chi connectivity index (χ0) is 25.5.